The summed E-state index contributed by atoms with van der Waals surface area (Å²) in [6.07, 6.45) is -4.58. The van der Waals surface area contributed by atoms with Crippen molar-refractivity contribution in [2.24, 2.45) is 0 Å². The van der Waals surface area contributed by atoms with Gasteiger partial charge in [-0.2, -0.15) is 0 Å². The molecule has 0 saturated carbocycles. The summed E-state index contributed by atoms with van der Waals surface area (Å²) < 4.78 is 20.8. The number of aliphatic hydroxyl groups is 2. The number of hydrogen-bond acceptors (Lipinski definition) is 9. The fourth-order valence-electron chi connectivity index (χ4n) is 1.89. The summed E-state index contributed by atoms with van der Waals surface area (Å²) in [5, 5.41) is 19.6. The van der Waals surface area contributed by atoms with Crippen LogP contribution in [0, 0.1) is 0 Å². The topological polar surface area (TPSA) is 241 Å². The van der Waals surface area contributed by atoms with Crippen molar-refractivity contribution in [1.29, 1.82) is 0 Å². The summed E-state index contributed by atoms with van der Waals surface area (Å²) in [4.78, 5) is 41.6. The maximum atomic E-state index is 11.6. The van der Waals surface area contributed by atoms with Crippen molar-refractivity contribution >= 4 is 7.82 Å². The molecule has 1 aromatic heterocycles. The second kappa shape index (κ2) is 7.92. The van der Waals surface area contributed by atoms with E-state index in [4.69, 9.17) is 14.5 Å². The van der Waals surface area contributed by atoms with Gasteiger partial charge in [-0.3, -0.25) is 18.9 Å². The number of aliphatic hydroxyl groups excluding tert-OH is 2. The van der Waals surface area contributed by atoms with E-state index in [-0.39, 0.29) is 12.3 Å². The lowest BCUT2D eigenvalue weighted by Gasteiger charge is -2.16. The molecule has 13 nitrogen and oxygen atoms in total. The maximum absolute atomic E-state index is 11.6. The molecule has 0 spiro atoms. The average molecular weight is 358 g/mol. The Balaban J connectivity index is 0.00000242. The van der Waals surface area contributed by atoms with Gasteiger partial charge in [-0.05, 0) is 0 Å². The van der Waals surface area contributed by atoms with E-state index in [1.165, 1.54) is 0 Å². The Hall–Kier alpha value is -1.41. The van der Waals surface area contributed by atoms with Crippen LogP contribution in [-0.4, -0.2) is 54.5 Å². The smallest absolute Gasteiger partial charge is 0.387 e. The molecule has 0 amide bonds. The molecule has 2 rings (SSSR count). The number of hydrogen-bond donors (Lipinski definition) is 7. The highest BCUT2D eigenvalue weighted by Gasteiger charge is 2.44. The minimum Gasteiger partial charge on any atom is -0.387 e. The Morgan fingerprint density at radius 3 is 2.39 bits per heavy atom. The molecule has 134 valence electrons. The summed E-state index contributed by atoms with van der Waals surface area (Å²) in [5.74, 6) is 0. The predicted molar refractivity (Wildman–Crippen MR) is 75.3 cm³/mol. The molecule has 1 aromatic rings. The molecular weight excluding hydrogens is 339 g/mol. The summed E-state index contributed by atoms with van der Waals surface area (Å²) >= 11 is 0. The normalized spacial score (nSPS) is 27.1. The van der Waals surface area contributed by atoms with Crippen molar-refractivity contribution < 1.29 is 33.8 Å². The van der Waals surface area contributed by atoms with Crippen LogP contribution < -0.4 is 23.6 Å². The van der Waals surface area contributed by atoms with Crippen molar-refractivity contribution in [3.8, 4) is 0 Å². The fraction of sp³-hybridized carbons (Fsp3) is 0.556. The van der Waals surface area contributed by atoms with E-state index >= 15 is 0 Å². The van der Waals surface area contributed by atoms with E-state index < -0.39 is 50.2 Å². The van der Waals surface area contributed by atoms with Gasteiger partial charge in [-0.25, -0.2) is 9.36 Å². The van der Waals surface area contributed by atoms with E-state index in [0.29, 0.717) is 0 Å². The number of ether oxygens (including phenoxy) is 1. The highest BCUT2D eigenvalue weighted by molar-refractivity contribution is 7.46. The second-order valence-electron chi connectivity index (χ2n) is 4.35. The predicted octanol–water partition coefficient (Wildman–Crippen LogP) is -2.41. The lowest BCUT2D eigenvalue weighted by Crippen LogP contribution is -2.37. The second-order valence-corrected chi connectivity index (χ2v) is 5.59. The molecule has 4 atom stereocenters. The summed E-state index contributed by atoms with van der Waals surface area (Å²) in [6, 6.07) is 1.02. The Morgan fingerprint density at radius 2 is 1.87 bits per heavy atom. The number of phosphoric acid groups is 1. The zero-order valence-electron chi connectivity index (χ0n) is 11.8. The fourth-order valence-corrected chi connectivity index (χ4v) is 2.24. The highest BCUT2D eigenvalue weighted by atomic mass is 31.2. The number of nitrogens with zero attached hydrogens (tertiary/aromatic N) is 1. The van der Waals surface area contributed by atoms with Gasteiger partial charge in [0, 0.05) is 12.3 Å². The van der Waals surface area contributed by atoms with Gasteiger partial charge in [0.1, 0.15) is 18.3 Å². The van der Waals surface area contributed by atoms with Crippen LogP contribution in [0.25, 0.3) is 0 Å². The van der Waals surface area contributed by atoms with Crippen LogP contribution in [0.3, 0.4) is 0 Å². The standard InChI is InChI=1S/C9H13N2O9P.2H3N/c12-5-1-2-11(9(15)10-5)8-7(14)6(13)4(20-8)3-19-21(16,17)18;;/h1-2,4,6-8,13-14H,3H2,(H,10,12,15)(H2,16,17,18);2*1H3/t4-,6-,7-,8-;;/m1../s1. The minimum absolute atomic E-state index is 0. The van der Waals surface area contributed by atoms with E-state index in [1.807, 2.05) is 4.98 Å². The summed E-state index contributed by atoms with van der Waals surface area (Å²) in [7, 11) is -4.76. The van der Waals surface area contributed by atoms with Crippen molar-refractivity contribution in [2.45, 2.75) is 24.5 Å². The van der Waals surface area contributed by atoms with Crippen LogP contribution in [-0.2, 0) is 13.8 Å². The largest absolute Gasteiger partial charge is 0.469 e. The van der Waals surface area contributed by atoms with Crippen LogP contribution in [0.4, 0.5) is 0 Å². The van der Waals surface area contributed by atoms with E-state index in [1.54, 1.807) is 0 Å². The molecule has 0 aliphatic carbocycles. The maximum Gasteiger partial charge on any atom is 0.469 e. The molecule has 1 aliphatic rings. The van der Waals surface area contributed by atoms with Gasteiger partial charge in [-0.1, -0.05) is 0 Å². The molecule has 1 fully saturated rings. The third-order valence-corrected chi connectivity index (χ3v) is 3.35. The number of rotatable bonds is 4. The first-order valence-corrected chi connectivity index (χ1v) is 7.25. The van der Waals surface area contributed by atoms with E-state index in [2.05, 4.69) is 4.52 Å². The molecule has 14 heteroatoms. The number of aromatic nitrogens is 2. The Morgan fingerprint density at radius 1 is 1.26 bits per heavy atom. The van der Waals surface area contributed by atoms with E-state index in [0.717, 1.165) is 16.8 Å². The Bertz CT molecular complexity index is 669. The van der Waals surface area contributed by atoms with Crippen molar-refractivity contribution in [1.82, 2.24) is 21.9 Å². The summed E-state index contributed by atoms with van der Waals surface area (Å²) in [5.41, 5.74) is -1.51. The van der Waals surface area contributed by atoms with Gasteiger partial charge in [0.05, 0.1) is 6.61 Å². The molecule has 0 unspecified atom stereocenters. The molecule has 11 N–H and O–H groups in total. The van der Waals surface area contributed by atoms with Gasteiger partial charge in [0.15, 0.2) is 6.23 Å². The first kappa shape index (κ1) is 21.6. The molecular formula is C9H19N4O9P. The number of H-pyrrole nitrogens is 1. The Labute approximate surface area is 128 Å². The highest BCUT2D eigenvalue weighted by Crippen LogP contribution is 2.38. The first-order chi connectivity index (χ1) is 9.69. The van der Waals surface area contributed by atoms with Crippen molar-refractivity contribution in [3.63, 3.8) is 0 Å². The zero-order valence-corrected chi connectivity index (χ0v) is 12.7. The van der Waals surface area contributed by atoms with Gasteiger partial charge < -0.3 is 37.0 Å². The number of nitrogens with one attached hydrogen (secondary N) is 1. The van der Waals surface area contributed by atoms with Crippen molar-refractivity contribution in [3.05, 3.63) is 33.1 Å². The molecule has 1 saturated heterocycles. The average Bonchev–Trinajstić information content (AvgIpc) is 2.64. The van der Waals surface area contributed by atoms with Gasteiger partial charge in [0.25, 0.3) is 5.56 Å². The lowest BCUT2D eigenvalue weighted by atomic mass is 10.1. The monoisotopic (exact) mass is 358 g/mol. The first-order valence-electron chi connectivity index (χ1n) is 5.72. The lowest BCUT2D eigenvalue weighted by molar-refractivity contribution is -0.0543. The van der Waals surface area contributed by atoms with Crippen LogP contribution in [0.2, 0.25) is 0 Å². The van der Waals surface area contributed by atoms with Crippen LogP contribution in [0.1, 0.15) is 6.23 Å². The third-order valence-electron chi connectivity index (χ3n) is 2.87. The molecule has 1 aliphatic heterocycles. The van der Waals surface area contributed by atoms with Gasteiger partial charge >= 0.3 is 13.5 Å². The quantitative estimate of drug-likeness (QED) is 0.279. The van der Waals surface area contributed by atoms with Gasteiger partial charge in [-0.15, -0.1) is 0 Å². The van der Waals surface area contributed by atoms with Gasteiger partial charge in [0.2, 0.25) is 0 Å². The van der Waals surface area contributed by atoms with Crippen LogP contribution in [0.5, 0.6) is 0 Å². The number of phosphoric ester groups is 1. The molecule has 23 heavy (non-hydrogen) atoms. The third kappa shape index (κ3) is 5.04. The summed E-state index contributed by atoms with van der Waals surface area (Å²) in [6.45, 7) is -0.683. The molecule has 2 heterocycles. The van der Waals surface area contributed by atoms with Crippen LogP contribution in [0.15, 0.2) is 21.9 Å². The SMILES string of the molecule is N.N.O=c1ccn([C@@H]2O[C@H](COP(=O)(O)O)[C@@H](O)[C@H]2O)c(=O)[nH]1. The Kier molecular flexibility index (Phi) is 7.43. The van der Waals surface area contributed by atoms with Crippen LogP contribution >= 0.6 is 7.82 Å². The molecule has 0 aromatic carbocycles. The minimum atomic E-state index is -4.76. The zero-order chi connectivity index (χ0) is 15.8. The molecule has 0 radical (unpaired) electrons. The van der Waals surface area contributed by atoms with E-state index in [9.17, 15) is 24.4 Å². The number of aromatic amines is 1. The molecule has 0 bridgehead atoms. The van der Waals surface area contributed by atoms with Crippen molar-refractivity contribution in [2.75, 3.05) is 6.61 Å².